The second-order valence-corrected chi connectivity index (χ2v) is 5.51. The molecule has 2 rings (SSSR count). The summed E-state index contributed by atoms with van der Waals surface area (Å²) in [5, 5.41) is 9.32. The first-order chi connectivity index (χ1) is 9.41. The van der Waals surface area contributed by atoms with Gasteiger partial charge in [-0.15, -0.1) is 0 Å². The van der Waals surface area contributed by atoms with Gasteiger partial charge in [0.15, 0.2) is 0 Å². The quantitative estimate of drug-likeness (QED) is 0.920. The summed E-state index contributed by atoms with van der Waals surface area (Å²) in [5.41, 5.74) is 0.675. The first-order valence-electron chi connectivity index (χ1n) is 6.73. The molecule has 0 aliphatic carbocycles. The summed E-state index contributed by atoms with van der Waals surface area (Å²) in [7, 11) is 0. The zero-order valence-corrected chi connectivity index (χ0v) is 11.6. The predicted molar refractivity (Wildman–Crippen MR) is 72.0 cm³/mol. The van der Waals surface area contributed by atoms with Gasteiger partial charge in [0.1, 0.15) is 11.9 Å². The van der Waals surface area contributed by atoms with Crippen LogP contribution in [0.3, 0.4) is 0 Å². The van der Waals surface area contributed by atoms with Gasteiger partial charge in [-0.25, -0.2) is 9.18 Å². The van der Waals surface area contributed by atoms with Crippen molar-refractivity contribution in [2.75, 3.05) is 6.54 Å². The van der Waals surface area contributed by atoms with Crippen LogP contribution in [0.1, 0.15) is 36.2 Å². The number of benzene rings is 1. The average molecular weight is 279 g/mol. The first kappa shape index (κ1) is 14.5. The van der Waals surface area contributed by atoms with Crippen molar-refractivity contribution in [3.63, 3.8) is 0 Å². The van der Waals surface area contributed by atoms with E-state index in [0.717, 1.165) is 0 Å². The number of carbonyl (C=O) groups excluding carboxylic acids is 1. The van der Waals surface area contributed by atoms with E-state index in [9.17, 15) is 19.1 Å². The number of hydrogen-bond donors (Lipinski definition) is 1. The Bertz CT molecular complexity index is 542. The van der Waals surface area contributed by atoms with Gasteiger partial charge in [0.25, 0.3) is 5.91 Å². The van der Waals surface area contributed by atoms with E-state index >= 15 is 0 Å². The van der Waals surface area contributed by atoms with Gasteiger partial charge in [-0.05, 0) is 30.4 Å². The van der Waals surface area contributed by atoms with Crippen LogP contribution < -0.4 is 0 Å². The van der Waals surface area contributed by atoms with Crippen molar-refractivity contribution in [3.8, 4) is 0 Å². The molecule has 1 aromatic rings. The van der Waals surface area contributed by atoms with E-state index in [0.29, 0.717) is 24.9 Å². The monoisotopic (exact) mass is 279 g/mol. The Morgan fingerprint density at radius 2 is 2.15 bits per heavy atom. The molecule has 20 heavy (non-hydrogen) atoms. The normalized spacial score (nSPS) is 16.2. The lowest BCUT2D eigenvalue weighted by Gasteiger charge is -2.34. The molecule has 0 saturated heterocycles. The lowest BCUT2D eigenvalue weighted by Crippen LogP contribution is -2.49. The number of carbonyl (C=O) groups is 2. The molecule has 0 saturated carbocycles. The number of carboxylic acid groups (broad SMARTS) is 1. The molecule has 108 valence electrons. The zero-order chi connectivity index (χ0) is 14.9. The number of rotatable bonds is 4. The third kappa shape index (κ3) is 2.66. The van der Waals surface area contributed by atoms with E-state index in [1.165, 1.54) is 11.0 Å². The molecule has 1 aliphatic rings. The van der Waals surface area contributed by atoms with Gasteiger partial charge >= 0.3 is 5.97 Å². The highest BCUT2D eigenvalue weighted by atomic mass is 19.1. The highest BCUT2D eigenvalue weighted by molar-refractivity contribution is 5.99. The van der Waals surface area contributed by atoms with E-state index in [1.54, 1.807) is 12.1 Å². The maximum Gasteiger partial charge on any atom is 0.326 e. The van der Waals surface area contributed by atoms with Gasteiger partial charge < -0.3 is 10.0 Å². The first-order valence-corrected chi connectivity index (χ1v) is 6.73. The van der Waals surface area contributed by atoms with Crippen molar-refractivity contribution < 1.29 is 19.1 Å². The molecule has 5 heteroatoms. The van der Waals surface area contributed by atoms with Crippen molar-refractivity contribution in [3.05, 3.63) is 35.1 Å². The molecule has 0 aromatic heterocycles. The third-order valence-corrected chi connectivity index (χ3v) is 3.55. The highest BCUT2D eigenvalue weighted by Gasteiger charge is 2.35. The summed E-state index contributed by atoms with van der Waals surface area (Å²) in [5.74, 6) is -1.99. The third-order valence-electron chi connectivity index (χ3n) is 3.55. The van der Waals surface area contributed by atoms with Crippen molar-refractivity contribution >= 4 is 11.9 Å². The van der Waals surface area contributed by atoms with Crippen molar-refractivity contribution in [2.24, 2.45) is 5.92 Å². The van der Waals surface area contributed by atoms with Crippen LogP contribution in [0.25, 0.3) is 0 Å². The Morgan fingerprint density at radius 3 is 2.75 bits per heavy atom. The molecule has 0 spiro atoms. The topological polar surface area (TPSA) is 57.6 Å². The summed E-state index contributed by atoms with van der Waals surface area (Å²) in [6, 6.07) is 3.62. The van der Waals surface area contributed by atoms with Crippen LogP contribution >= 0.6 is 0 Å². The van der Waals surface area contributed by atoms with E-state index in [4.69, 9.17) is 0 Å². The smallest absolute Gasteiger partial charge is 0.326 e. The fraction of sp³-hybridized carbons (Fsp3) is 0.467. The van der Waals surface area contributed by atoms with Crippen molar-refractivity contribution in [1.82, 2.24) is 4.90 Å². The van der Waals surface area contributed by atoms with Crippen LogP contribution in [0.4, 0.5) is 4.39 Å². The molecule has 0 fully saturated rings. The molecule has 1 atom stereocenters. The van der Waals surface area contributed by atoms with Crippen molar-refractivity contribution in [1.29, 1.82) is 0 Å². The molecule has 1 amide bonds. The SMILES string of the molecule is CC(C)CC(C(=O)O)N1CCc2cccc(F)c2C1=O. The summed E-state index contributed by atoms with van der Waals surface area (Å²) in [6.45, 7) is 4.12. The molecular weight excluding hydrogens is 261 g/mol. The van der Waals surface area contributed by atoms with Crippen LogP contribution in [-0.2, 0) is 11.2 Å². The molecular formula is C15H18FNO3. The number of fused-ring (bicyclic) bond motifs is 1. The van der Waals surface area contributed by atoms with Crippen molar-refractivity contribution in [2.45, 2.75) is 32.7 Å². The predicted octanol–water partition coefficient (Wildman–Crippen LogP) is 2.32. The molecule has 1 N–H and O–H groups in total. The number of aliphatic carboxylic acids is 1. The van der Waals surface area contributed by atoms with E-state index in [1.807, 2.05) is 13.8 Å². The number of nitrogens with zero attached hydrogens (tertiary/aromatic N) is 1. The molecule has 4 nitrogen and oxygen atoms in total. The maximum absolute atomic E-state index is 13.8. The van der Waals surface area contributed by atoms with Gasteiger partial charge in [0.2, 0.25) is 0 Å². The standard InChI is InChI=1S/C15H18FNO3/c1-9(2)8-12(15(19)20)17-7-6-10-4-3-5-11(16)13(10)14(17)18/h3-5,9,12H,6-8H2,1-2H3,(H,19,20). The fourth-order valence-electron chi connectivity index (χ4n) is 2.61. The molecule has 1 aromatic carbocycles. The molecule has 0 bridgehead atoms. The molecule has 1 heterocycles. The second-order valence-electron chi connectivity index (χ2n) is 5.51. The number of carboxylic acids is 1. The van der Waals surface area contributed by atoms with E-state index in [-0.39, 0.29) is 11.5 Å². The van der Waals surface area contributed by atoms with Gasteiger partial charge in [-0.1, -0.05) is 26.0 Å². The molecule has 0 radical (unpaired) electrons. The largest absolute Gasteiger partial charge is 0.480 e. The van der Waals surface area contributed by atoms with Crippen LogP contribution in [-0.4, -0.2) is 34.5 Å². The summed E-state index contributed by atoms with van der Waals surface area (Å²) in [4.78, 5) is 25.1. The second kappa shape index (κ2) is 5.61. The number of hydrogen-bond acceptors (Lipinski definition) is 2. The number of amides is 1. The molecule has 1 aliphatic heterocycles. The highest BCUT2D eigenvalue weighted by Crippen LogP contribution is 2.25. The van der Waals surface area contributed by atoms with Crippen LogP contribution in [0, 0.1) is 11.7 Å². The van der Waals surface area contributed by atoms with E-state index in [2.05, 4.69) is 0 Å². The maximum atomic E-state index is 13.8. The minimum atomic E-state index is -1.04. The van der Waals surface area contributed by atoms with Gasteiger partial charge in [0.05, 0.1) is 5.56 Å². The van der Waals surface area contributed by atoms with Gasteiger partial charge in [0, 0.05) is 6.54 Å². The Kier molecular flexibility index (Phi) is 4.06. The summed E-state index contributed by atoms with van der Waals surface area (Å²) >= 11 is 0. The Hall–Kier alpha value is -1.91. The minimum absolute atomic E-state index is 0.0220. The van der Waals surface area contributed by atoms with Gasteiger partial charge in [-0.2, -0.15) is 0 Å². The van der Waals surface area contributed by atoms with Crippen LogP contribution in [0.2, 0.25) is 0 Å². The Morgan fingerprint density at radius 1 is 1.45 bits per heavy atom. The van der Waals surface area contributed by atoms with E-state index < -0.39 is 23.7 Å². The summed E-state index contributed by atoms with van der Waals surface area (Å²) < 4.78 is 13.8. The fourth-order valence-corrected chi connectivity index (χ4v) is 2.61. The zero-order valence-electron chi connectivity index (χ0n) is 11.6. The lowest BCUT2D eigenvalue weighted by atomic mass is 9.94. The Balaban J connectivity index is 2.34. The number of halogens is 1. The summed E-state index contributed by atoms with van der Waals surface area (Å²) in [6.07, 6.45) is 0.853. The minimum Gasteiger partial charge on any atom is -0.480 e. The van der Waals surface area contributed by atoms with Crippen LogP contribution in [0.15, 0.2) is 18.2 Å². The lowest BCUT2D eigenvalue weighted by molar-refractivity contribution is -0.143. The molecule has 1 unspecified atom stereocenters. The average Bonchev–Trinajstić information content (AvgIpc) is 2.36. The Labute approximate surface area is 117 Å². The van der Waals surface area contributed by atoms with Crippen LogP contribution in [0.5, 0.6) is 0 Å². The van der Waals surface area contributed by atoms with Gasteiger partial charge in [-0.3, -0.25) is 4.79 Å².